The van der Waals surface area contributed by atoms with Crippen molar-refractivity contribution in [3.63, 3.8) is 0 Å². The van der Waals surface area contributed by atoms with Crippen molar-refractivity contribution in [1.82, 2.24) is 44.9 Å². The minimum atomic E-state index is -3.11. The van der Waals surface area contributed by atoms with Crippen LogP contribution in [0.1, 0.15) is 124 Å². The van der Waals surface area contributed by atoms with E-state index in [0.29, 0.717) is 22.3 Å². The quantitative estimate of drug-likeness (QED) is 0.110. The number of rotatable bonds is 12. The zero-order valence-corrected chi connectivity index (χ0v) is 51.9. The lowest BCUT2D eigenvalue weighted by molar-refractivity contribution is -0.660. The fraction of sp³-hybridized carbons (Fsp3) is 0.244. The van der Waals surface area contributed by atoms with Crippen LogP contribution in [0.25, 0.3) is 89.8 Å². The highest BCUT2D eigenvalue weighted by Gasteiger charge is 2.19. The first-order chi connectivity index (χ1) is 53.3. The molecule has 1 atom stereocenters. The average Bonchev–Trinajstić information content (AvgIpc) is 0.748. The highest BCUT2D eigenvalue weighted by atomic mass is 15.0. The lowest BCUT2D eigenvalue weighted by Gasteiger charge is -2.08. The fourth-order valence-corrected chi connectivity index (χ4v) is 9.83. The molecule has 13 heteroatoms. The highest BCUT2D eigenvalue weighted by molar-refractivity contribution is 5.72. The van der Waals surface area contributed by atoms with Gasteiger partial charge in [-0.2, -0.15) is 0 Å². The third-order valence-corrected chi connectivity index (χ3v) is 14.8. The molecule has 8 aromatic heterocycles. The fourth-order valence-electron chi connectivity index (χ4n) is 9.83. The van der Waals surface area contributed by atoms with Gasteiger partial charge in [-0.25, -0.2) is 63.1 Å². The van der Waals surface area contributed by atoms with Crippen molar-refractivity contribution < 1.29 is 51.2 Å². The Balaban J connectivity index is 0.000000176. The molecule has 0 bridgehead atoms. The molecule has 0 fully saturated rings. The second kappa shape index (κ2) is 30.3. The summed E-state index contributed by atoms with van der Waals surface area (Å²) >= 11 is 0. The van der Waals surface area contributed by atoms with Crippen molar-refractivity contribution in [2.24, 2.45) is 34.1 Å². The van der Waals surface area contributed by atoms with Gasteiger partial charge in [-0.1, -0.05) is 107 Å². The van der Waals surface area contributed by atoms with Crippen molar-refractivity contribution in [2.75, 3.05) is 0 Å². The number of aromatic nitrogens is 13. The molecule has 13 nitrogen and oxygen atoms in total. The SMILES string of the molecule is [2H]C([2H])([2H])C([2H])(C)C([2H])([2H])c1ncc(-c2cc[n+](C)c(-c3ccccc3C)c2)cn1.[2H]C([2H])([2H])C([2H])([2H])c1ncc(-c2cc[n+](C)c(-c3ccccc3C)c2)cn1.[2H]C([2H])([2H])C([2H])(c1ncc(-c2cc[n+](C)c(-c3ccccc3C)c2)cn1)C([2H])([2H])[2H].[2H]C([2H])([2H])c1nc(-c2cc[n+](C)c(-c3ccccc3C)c2)nc(C([2H])([2H])[2H])n1. The van der Waals surface area contributed by atoms with Gasteiger partial charge < -0.3 is 0 Å². The molecular formula is C78H85N13+4. The van der Waals surface area contributed by atoms with Crippen LogP contribution in [0.2, 0.25) is 0 Å². The van der Waals surface area contributed by atoms with Crippen LogP contribution in [0.4, 0.5) is 0 Å². The van der Waals surface area contributed by atoms with Gasteiger partial charge in [0.15, 0.2) is 30.6 Å². The number of benzene rings is 4. The van der Waals surface area contributed by atoms with E-state index in [1.165, 1.54) is 37.2 Å². The summed E-state index contributed by atoms with van der Waals surface area (Å²) < 4.78 is 191. The Morgan fingerprint density at radius 2 is 0.747 bits per heavy atom. The molecule has 0 amide bonds. The molecule has 12 rings (SSSR count). The van der Waals surface area contributed by atoms with E-state index < -0.39 is 83.1 Å². The molecule has 0 aliphatic heterocycles. The summed E-state index contributed by atoms with van der Waals surface area (Å²) in [6, 6.07) is 47.2. The first-order valence-electron chi connectivity index (χ1n) is 40.8. The van der Waals surface area contributed by atoms with E-state index in [1.54, 1.807) is 12.3 Å². The Labute approximate surface area is 571 Å². The first kappa shape index (κ1) is 40.4. The van der Waals surface area contributed by atoms with Crippen molar-refractivity contribution in [3.05, 3.63) is 259 Å². The summed E-state index contributed by atoms with van der Waals surface area (Å²) in [4.78, 5) is 35.8. The lowest BCUT2D eigenvalue weighted by atomic mass is 10.0. The Bertz CT molecular complexity index is 5410. The molecule has 8 heterocycles. The van der Waals surface area contributed by atoms with Gasteiger partial charge in [0.25, 0.3) is 0 Å². The number of hydrogen-bond acceptors (Lipinski definition) is 9. The summed E-state index contributed by atoms with van der Waals surface area (Å²) in [7, 11) is 7.76. The topological polar surface area (TPSA) is 132 Å². The minimum Gasteiger partial charge on any atom is -0.241 e. The third kappa shape index (κ3) is 16.7. The zero-order valence-electron chi connectivity index (χ0n) is 75.9. The molecular weight excluding hydrogens is 1120 g/mol. The number of pyridine rings is 4. The second-order valence-electron chi connectivity index (χ2n) is 21.3. The molecule has 91 heavy (non-hydrogen) atoms. The monoisotopic (exact) mass is 1230 g/mol. The standard InChI is InChI=1S/C21H24N3.C20H22N3.C19H20N3.C18H19N4/c1-15(2)11-21-22-13-18(14-23-21)17-9-10-24(4)20(12-17)19-8-6-5-7-16(19)3;1-14(2)20-21-12-17(13-22-20)16-9-10-23(4)19(11-16)18-8-6-5-7-15(18)3;1-4-19-20-12-16(13-21-19)15-9-10-22(3)18(11-15)17-8-6-5-7-14(17)2;1-12-7-5-6-8-16(12)17-11-15(9-10-22(17)4)18-20-13(2)19-14(3)21-18/h5-10,12-15H,11H2,1-4H3;5-14H,1-4H3;5-13H,4H2,1-3H3;5-11H,1-4H3/q4*+1/i1D3,11D2,15D;1D3,2D3,14D;1D3,4D2;2D3,3D3. The molecule has 0 saturated carbocycles. The average molecular weight is 1230 g/mol. The van der Waals surface area contributed by atoms with E-state index in [1.807, 2.05) is 213 Å². The van der Waals surface area contributed by atoms with Crippen LogP contribution in [0, 0.1) is 47.3 Å². The molecule has 0 radical (unpaired) electrons. The summed E-state index contributed by atoms with van der Waals surface area (Å²) in [5.41, 5.74) is 17.6. The maximum Gasteiger partial charge on any atom is 0.213 e. The molecule has 0 N–H and O–H groups in total. The normalized spacial score (nSPS) is 16.7. The number of aryl methyl sites for hydroxylation is 11. The smallest absolute Gasteiger partial charge is 0.213 e. The lowest BCUT2D eigenvalue weighted by Crippen LogP contribution is -2.30. The van der Waals surface area contributed by atoms with E-state index in [2.05, 4.69) is 63.9 Å². The predicted octanol–water partition coefficient (Wildman–Crippen LogP) is 14.7. The molecule has 12 aromatic rings. The maximum atomic E-state index is 8.19. The Morgan fingerprint density at radius 1 is 0.407 bits per heavy atom. The van der Waals surface area contributed by atoms with Crippen molar-refractivity contribution in [3.8, 4) is 89.8 Å². The highest BCUT2D eigenvalue weighted by Crippen LogP contribution is 2.29. The summed E-state index contributed by atoms with van der Waals surface area (Å²) in [6.45, 7) is -8.00. The molecule has 4 aromatic carbocycles. The van der Waals surface area contributed by atoms with Gasteiger partial charge in [0.2, 0.25) is 22.8 Å². The summed E-state index contributed by atoms with van der Waals surface area (Å²) in [5.74, 6) is -7.56. The maximum absolute atomic E-state index is 8.19. The van der Waals surface area contributed by atoms with Crippen LogP contribution in [0.15, 0.2) is 208 Å². The first-order valence-corrected chi connectivity index (χ1v) is 28.8. The van der Waals surface area contributed by atoms with E-state index in [-0.39, 0.29) is 17.5 Å². The van der Waals surface area contributed by atoms with Crippen molar-refractivity contribution in [1.29, 1.82) is 0 Å². The van der Waals surface area contributed by atoms with Crippen LogP contribution >= 0.6 is 0 Å². The Morgan fingerprint density at radius 3 is 1.09 bits per heavy atom. The van der Waals surface area contributed by atoms with Crippen LogP contribution < -0.4 is 18.3 Å². The van der Waals surface area contributed by atoms with E-state index in [9.17, 15) is 0 Å². The third-order valence-electron chi connectivity index (χ3n) is 14.8. The van der Waals surface area contributed by atoms with Crippen molar-refractivity contribution in [2.45, 2.75) is 94.4 Å². The van der Waals surface area contributed by atoms with Crippen LogP contribution in [-0.2, 0) is 40.9 Å². The van der Waals surface area contributed by atoms with Gasteiger partial charge in [-0.05, 0) is 111 Å². The summed E-state index contributed by atoms with van der Waals surface area (Å²) in [5, 5.41) is 0. The largest absolute Gasteiger partial charge is 0.241 e. The molecule has 0 saturated heterocycles. The van der Waals surface area contributed by atoms with Crippen LogP contribution in [0.5, 0.6) is 0 Å². The van der Waals surface area contributed by atoms with Gasteiger partial charge >= 0.3 is 0 Å². The van der Waals surface area contributed by atoms with Gasteiger partial charge in [0.1, 0.15) is 57.3 Å². The number of nitrogens with zero attached hydrogens (tertiary/aromatic N) is 13. The van der Waals surface area contributed by atoms with E-state index in [0.717, 1.165) is 90.9 Å². The van der Waals surface area contributed by atoms with E-state index in [4.69, 9.17) is 32.9 Å². The van der Waals surface area contributed by atoms with Crippen LogP contribution in [-0.4, -0.2) is 44.9 Å². The summed E-state index contributed by atoms with van der Waals surface area (Å²) in [6.07, 6.45) is 11.0. The van der Waals surface area contributed by atoms with Gasteiger partial charge in [-0.15, -0.1) is 0 Å². The van der Waals surface area contributed by atoms with Crippen molar-refractivity contribution >= 4 is 0 Å². The van der Waals surface area contributed by atoms with Gasteiger partial charge in [0.05, 0.1) is 0 Å². The molecule has 458 valence electrons. The zero-order chi connectivity index (χ0) is 85.1. The Hall–Kier alpha value is -10.3. The van der Waals surface area contributed by atoms with Crippen LogP contribution in [0.3, 0.4) is 0 Å². The minimum absolute atomic E-state index is 0.0164. The molecule has 1 unspecified atom stereocenters. The number of hydrogen-bond donors (Lipinski definition) is 0. The second-order valence-corrected chi connectivity index (χ2v) is 21.3. The Kier molecular flexibility index (Phi) is 13.4. The molecule has 0 aliphatic rings. The predicted molar refractivity (Wildman–Crippen MR) is 365 cm³/mol. The molecule has 0 spiro atoms. The van der Waals surface area contributed by atoms with E-state index >= 15 is 0 Å². The van der Waals surface area contributed by atoms with Gasteiger partial charge in [-0.3, -0.25) is 0 Å². The van der Waals surface area contributed by atoms with Gasteiger partial charge in [0, 0.05) is 182 Å². The molecule has 0 aliphatic carbocycles.